The van der Waals surface area contributed by atoms with E-state index in [1.807, 2.05) is 13.0 Å². The van der Waals surface area contributed by atoms with Crippen molar-refractivity contribution >= 4 is 0 Å². The summed E-state index contributed by atoms with van der Waals surface area (Å²) < 4.78 is 0. The zero-order valence-corrected chi connectivity index (χ0v) is 8.77. The van der Waals surface area contributed by atoms with E-state index in [1.165, 1.54) is 5.56 Å². The van der Waals surface area contributed by atoms with Crippen LogP contribution in [0.15, 0.2) is 36.7 Å². The minimum atomic E-state index is 0.955. The van der Waals surface area contributed by atoms with Crippen molar-refractivity contribution in [3.8, 4) is 0 Å². The van der Waals surface area contributed by atoms with Crippen LogP contribution in [0.4, 0.5) is 0 Å². The lowest BCUT2D eigenvalue weighted by Crippen LogP contribution is -1.97. The van der Waals surface area contributed by atoms with Gasteiger partial charge in [-0.25, -0.2) is 9.97 Å². The first-order valence-electron chi connectivity index (χ1n) is 5.08. The van der Waals surface area contributed by atoms with Crippen molar-refractivity contribution in [1.82, 2.24) is 9.97 Å². The SMILES string of the molecule is Cc1ncn[c]c1CCc1ccccc1. The Morgan fingerprint density at radius 1 is 1.13 bits per heavy atom. The van der Waals surface area contributed by atoms with Gasteiger partial charge in [0.15, 0.2) is 0 Å². The zero-order chi connectivity index (χ0) is 10.5. The maximum Gasteiger partial charge on any atom is 0.116 e. The Labute approximate surface area is 90.0 Å². The second-order valence-electron chi connectivity index (χ2n) is 3.54. The summed E-state index contributed by atoms with van der Waals surface area (Å²) in [6.07, 6.45) is 6.51. The van der Waals surface area contributed by atoms with Gasteiger partial charge in [0.2, 0.25) is 0 Å². The van der Waals surface area contributed by atoms with E-state index in [1.54, 1.807) is 6.33 Å². The molecule has 0 spiro atoms. The number of hydrogen-bond donors (Lipinski definition) is 0. The fraction of sp³-hybridized carbons (Fsp3) is 0.231. The molecule has 2 heteroatoms. The van der Waals surface area contributed by atoms with Crippen LogP contribution in [0.25, 0.3) is 0 Å². The molecule has 0 saturated heterocycles. The third-order valence-corrected chi connectivity index (χ3v) is 2.45. The highest BCUT2D eigenvalue weighted by Gasteiger charge is 2.00. The van der Waals surface area contributed by atoms with E-state index in [4.69, 9.17) is 0 Å². The number of aromatic nitrogens is 2. The van der Waals surface area contributed by atoms with Crippen molar-refractivity contribution in [2.24, 2.45) is 0 Å². The molecule has 2 rings (SSSR count). The van der Waals surface area contributed by atoms with E-state index in [-0.39, 0.29) is 0 Å². The second kappa shape index (κ2) is 4.69. The van der Waals surface area contributed by atoms with Crippen LogP contribution in [-0.2, 0) is 12.8 Å². The van der Waals surface area contributed by atoms with E-state index in [0.29, 0.717) is 0 Å². The molecule has 0 saturated carbocycles. The third kappa shape index (κ3) is 2.62. The van der Waals surface area contributed by atoms with Crippen molar-refractivity contribution in [3.63, 3.8) is 0 Å². The summed E-state index contributed by atoms with van der Waals surface area (Å²) in [7, 11) is 0. The predicted octanol–water partition coefficient (Wildman–Crippen LogP) is 2.37. The normalized spacial score (nSPS) is 10.2. The van der Waals surface area contributed by atoms with Crippen LogP contribution in [0.1, 0.15) is 16.8 Å². The Morgan fingerprint density at radius 3 is 2.67 bits per heavy atom. The average molecular weight is 197 g/mol. The van der Waals surface area contributed by atoms with Crippen LogP contribution in [0, 0.1) is 13.1 Å². The van der Waals surface area contributed by atoms with Gasteiger partial charge >= 0.3 is 0 Å². The zero-order valence-electron chi connectivity index (χ0n) is 8.77. The topological polar surface area (TPSA) is 25.8 Å². The number of benzene rings is 1. The standard InChI is InChI=1S/C13H13N2/c1-11-13(9-14-10-15-11)8-7-12-5-3-2-4-6-12/h2-6,10H,7-8H2,1H3. The Kier molecular flexibility index (Phi) is 3.08. The van der Waals surface area contributed by atoms with Crippen LogP contribution in [0.5, 0.6) is 0 Å². The molecule has 1 radical (unpaired) electrons. The quantitative estimate of drug-likeness (QED) is 0.755. The van der Waals surface area contributed by atoms with Crippen LogP contribution in [-0.4, -0.2) is 9.97 Å². The number of hydrogen-bond acceptors (Lipinski definition) is 2. The minimum Gasteiger partial charge on any atom is -0.241 e. The molecular weight excluding hydrogens is 184 g/mol. The fourth-order valence-electron chi connectivity index (χ4n) is 1.53. The van der Waals surface area contributed by atoms with Gasteiger partial charge in [0.25, 0.3) is 0 Å². The Bertz CT molecular complexity index is 424. The lowest BCUT2D eigenvalue weighted by molar-refractivity contribution is 0.906. The second-order valence-corrected chi connectivity index (χ2v) is 3.54. The molecule has 0 bridgehead atoms. The molecule has 0 aliphatic carbocycles. The van der Waals surface area contributed by atoms with Crippen molar-refractivity contribution < 1.29 is 0 Å². The third-order valence-electron chi connectivity index (χ3n) is 2.45. The molecule has 1 heterocycles. The van der Waals surface area contributed by atoms with E-state index in [9.17, 15) is 0 Å². The maximum absolute atomic E-state index is 4.15. The highest BCUT2D eigenvalue weighted by molar-refractivity contribution is 5.19. The molecule has 1 aromatic carbocycles. The molecule has 0 N–H and O–H groups in total. The molecule has 0 aliphatic heterocycles. The Morgan fingerprint density at radius 2 is 1.93 bits per heavy atom. The summed E-state index contributed by atoms with van der Waals surface area (Å²) in [4.78, 5) is 8.07. The van der Waals surface area contributed by atoms with Gasteiger partial charge in [-0.3, -0.25) is 0 Å². The van der Waals surface area contributed by atoms with Crippen LogP contribution < -0.4 is 0 Å². The summed E-state index contributed by atoms with van der Waals surface area (Å²) in [5.41, 5.74) is 3.48. The lowest BCUT2D eigenvalue weighted by Gasteiger charge is -2.03. The van der Waals surface area contributed by atoms with Gasteiger partial charge in [0, 0.05) is 11.3 Å². The first-order chi connectivity index (χ1) is 7.36. The first kappa shape index (κ1) is 9.84. The van der Waals surface area contributed by atoms with Crippen LogP contribution >= 0.6 is 0 Å². The lowest BCUT2D eigenvalue weighted by atomic mass is 10.1. The minimum absolute atomic E-state index is 0.955. The van der Waals surface area contributed by atoms with Crippen molar-refractivity contribution in [2.45, 2.75) is 19.8 Å². The van der Waals surface area contributed by atoms with E-state index < -0.39 is 0 Å². The van der Waals surface area contributed by atoms with Gasteiger partial charge in [-0.05, 0) is 25.3 Å². The van der Waals surface area contributed by atoms with Crippen LogP contribution in [0.3, 0.4) is 0 Å². The average Bonchev–Trinajstić information content (AvgIpc) is 2.29. The predicted molar refractivity (Wildman–Crippen MR) is 59.5 cm³/mol. The van der Waals surface area contributed by atoms with Gasteiger partial charge in [-0.1, -0.05) is 30.3 Å². The molecule has 0 atom stereocenters. The Hall–Kier alpha value is -1.70. The highest BCUT2D eigenvalue weighted by atomic mass is 14.8. The summed E-state index contributed by atoms with van der Waals surface area (Å²) >= 11 is 0. The molecule has 75 valence electrons. The highest BCUT2D eigenvalue weighted by Crippen LogP contribution is 2.07. The van der Waals surface area contributed by atoms with Crippen molar-refractivity contribution in [2.75, 3.05) is 0 Å². The summed E-state index contributed by atoms with van der Waals surface area (Å²) in [5, 5.41) is 0. The van der Waals surface area contributed by atoms with Gasteiger partial charge in [0.1, 0.15) is 6.33 Å². The molecule has 0 unspecified atom stereocenters. The summed E-state index contributed by atoms with van der Waals surface area (Å²) in [5.74, 6) is 0. The van der Waals surface area contributed by atoms with Gasteiger partial charge in [-0.15, -0.1) is 0 Å². The van der Waals surface area contributed by atoms with E-state index >= 15 is 0 Å². The number of nitrogens with zero attached hydrogens (tertiary/aromatic N) is 2. The maximum atomic E-state index is 4.15. The first-order valence-corrected chi connectivity index (χ1v) is 5.08. The van der Waals surface area contributed by atoms with Crippen molar-refractivity contribution in [1.29, 1.82) is 0 Å². The monoisotopic (exact) mass is 197 g/mol. The van der Waals surface area contributed by atoms with E-state index in [0.717, 1.165) is 24.1 Å². The van der Waals surface area contributed by atoms with Gasteiger partial charge in [0.05, 0.1) is 6.20 Å². The van der Waals surface area contributed by atoms with Crippen molar-refractivity contribution in [3.05, 3.63) is 59.7 Å². The van der Waals surface area contributed by atoms with Crippen LogP contribution in [0.2, 0.25) is 0 Å². The molecule has 0 fully saturated rings. The molecule has 15 heavy (non-hydrogen) atoms. The Balaban J connectivity index is 2.03. The van der Waals surface area contributed by atoms with Gasteiger partial charge in [-0.2, -0.15) is 0 Å². The summed E-state index contributed by atoms with van der Waals surface area (Å²) in [6, 6.07) is 10.4. The smallest absolute Gasteiger partial charge is 0.116 e. The van der Waals surface area contributed by atoms with E-state index in [2.05, 4.69) is 40.4 Å². The van der Waals surface area contributed by atoms with Gasteiger partial charge < -0.3 is 0 Å². The molecule has 0 aliphatic rings. The fourth-order valence-corrected chi connectivity index (χ4v) is 1.53. The summed E-state index contributed by atoms with van der Waals surface area (Å²) in [6.45, 7) is 2.00. The largest absolute Gasteiger partial charge is 0.241 e. The molecular formula is C13H13N2. The molecule has 2 nitrogen and oxygen atoms in total. The molecule has 0 amide bonds. The molecule has 2 aromatic rings. The number of rotatable bonds is 3. The molecule has 1 aromatic heterocycles. The number of aryl methyl sites for hydroxylation is 3.